The fourth-order valence-electron chi connectivity index (χ4n) is 2.81. The molecule has 27 heavy (non-hydrogen) atoms. The van der Waals surface area contributed by atoms with E-state index in [9.17, 15) is 4.79 Å². The molecule has 3 aromatic rings. The highest BCUT2D eigenvalue weighted by Gasteiger charge is 2.17. The van der Waals surface area contributed by atoms with Crippen molar-refractivity contribution in [3.8, 4) is 11.4 Å². The van der Waals surface area contributed by atoms with Crippen molar-refractivity contribution in [1.29, 1.82) is 0 Å². The molecular formula is C20H23N5OS. The number of benzene rings is 1. The Labute approximate surface area is 163 Å². The number of thioether (sulfide) groups is 1. The number of pyridine rings is 1. The van der Waals surface area contributed by atoms with Crippen LogP contribution in [-0.2, 0) is 11.3 Å². The SMILES string of the molecule is CCN(CC)C(=O)CSc1nnc(-c2ccncc2)n1Cc1ccccc1. The van der Waals surface area contributed by atoms with Crippen LogP contribution in [0.2, 0.25) is 0 Å². The molecule has 0 aliphatic carbocycles. The lowest BCUT2D eigenvalue weighted by Crippen LogP contribution is -2.31. The summed E-state index contributed by atoms with van der Waals surface area (Å²) < 4.78 is 2.06. The molecule has 0 fully saturated rings. The average Bonchev–Trinajstić information content (AvgIpc) is 3.11. The second-order valence-corrected chi connectivity index (χ2v) is 6.91. The number of amides is 1. The van der Waals surface area contributed by atoms with E-state index >= 15 is 0 Å². The topological polar surface area (TPSA) is 63.9 Å². The first-order valence-electron chi connectivity index (χ1n) is 9.01. The van der Waals surface area contributed by atoms with Gasteiger partial charge in [0.25, 0.3) is 0 Å². The highest BCUT2D eigenvalue weighted by atomic mass is 32.2. The highest BCUT2D eigenvalue weighted by Crippen LogP contribution is 2.25. The van der Waals surface area contributed by atoms with E-state index in [-0.39, 0.29) is 5.91 Å². The number of hydrogen-bond acceptors (Lipinski definition) is 5. The minimum atomic E-state index is 0.115. The summed E-state index contributed by atoms with van der Waals surface area (Å²) in [6.45, 7) is 6.06. The van der Waals surface area contributed by atoms with Crippen molar-refractivity contribution in [3.05, 3.63) is 60.4 Å². The van der Waals surface area contributed by atoms with E-state index in [1.165, 1.54) is 11.8 Å². The maximum atomic E-state index is 12.4. The molecule has 0 saturated carbocycles. The molecule has 0 aliphatic heterocycles. The molecule has 0 saturated heterocycles. The summed E-state index contributed by atoms with van der Waals surface area (Å²) >= 11 is 1.43. The Morgan fingerprint density at radius 1 is 1.04 bits per heavy atom. The molecule has 0 radical (unpaired) electrons. The van der Waals surface area contributed by atoms with Gasteiger partial charge in [-0.2, -0.15) is 0 Å². The molecule has 2 aromatic heterocycles. The Balaban J connectivity index is 1.87. The second-order valence-electron chi connectivity index (χ2n) is 5.97. The van der Waals surface area contributed by atoms with Crippen LogP contribution in [-0.4, -0.2) is 49.4 Å². The normalized spacial score (nSPS) is 10.7. The van der Waals surface area contributed by atoms with E-state index in [1.807, 2.05) is 49.1 Å². The van der Waals surface area contributed by atoms with Crippen LogP contribution in [0, 0.1) is 0 Å². The van der Waals surface area contributed by atoms with E-state index in [4.69, 9.17) is 0 Å². The number of carbonyl (C=O) groups excluding carboxylic acids is 1. The summed E-state index contributed by atoms with van der Waals surface area (Å²) in [6, 6.07) is 14.0. The van der Waals surface area contributed by atoms with Gasteiger partial charge in [0.2, 0.25) is 5.91 Å². The van der Waals surface area contributed by atoms with Crippen LogP contribution in [0.3, 0.4) is 0 Å². The quantitative estimate of drug-likeness (QED) is 0.560. The molecular weight excluding hydrogens is 358 g/mol. The predicted molar refractivity (Wildman–Crippen MR) is 107 cm³/mol. The molecule has 140 valence electrons. The highest BCUT2D eigenvalue weighted by molar-refractivity contribution is 7.99. The van der Waals surface area contributed by atoms with Gasteiger partial charge < -0.3 is 4.90 Å². The van der Waals surface area contributed by atoms with E-state index in [0.717, 1.165) is 35.2 Å². The lowest BCUT2D eigenvalue weighted by atomic mass is 10.2. The van der Waals surface area contributed by atoms with Crippen molar-refractivity contribution >= 4 is 17.7 Å². The predicted octanol–water partition coefficient (Wildman–Crippen LogP) is 3.35. The summed E-state index contributed by atoms with van der Waals surface area (Å²) in [4.78, 5) is 18.3. The molecule has 1 aromatic carbocycles. The van der Waals surface area contributed by atoms with Crippen LogP contribution < -0.4 is 0 Å². The second kappa shape index (κ2) is 9.32. The Bertz CT molecular complexity index is 863. The van der Waals surface area contributed by atoms with Gasteiger partial charge in [-0.05, 0) is 31.5 Å². The molecule has 7 heteroatoms. The van der Waals surface area contributed by atoms with Crippen molar-refractivity contribution in [2.45, 2.75) is 25.5 Å². The smallest absolute Gasteiger partial charge is 0.233 e. The zero-order valence-corrected chi connectivity index (χ0v) is 16.4. The van der Waals surface area contributed by atoms with Gasteiger partial charge in [-0.15, -0.1) is 10.2 Å². The third kappa shape index (κ3) is 4.74. The summed E-state index contributed by atoms with van der Waals surface area (Å²) in [6.07, 6.45) is 3.49. The lowest BCUT2D eigenvalue weighted by molar-refractivity contribution is -0.127. The van der Waals surface area contributed by atoms with Crippen molar-refractivity contribution in [1.82, 2.24) is 24.6 Å². The van der Waals surface area contributed by atoms with Crippen molar-refractivity contribution in [2.75, 3.05) is 18.8 Å². The van der Waals surface area contributed by atoms with Gasteiger partial charge in [0.15, 0.2) is 11.0 Å². The van der Waals surface area contributed by atoms with Crippen LogP contribution in [0.15, 0.2) is 60.0 Å². The van der Waals surface area contributed by atoms with Gasteiger partial charge in [0.1, 0.15) is 0 Å². The van der Waals surface area contributed by atoms with E-state index < -0.39 is 0 Å². The lowest BCUT2D eigenvalue weighted by Gasteiger charge is -2.18. The standard InChI is InChI=1S/C20H23N5OS/c1-3-24(4-2)18(26)15-27-20-23-22-19(17-10-12-21-13-11-17)25(20)14-16-8-6-5-7-9-16/h5-13H,3-4,14-15H2,1-2H3. The monoisotopic (exact) mass is 381 g/mol. The average molecular weight is 382 g/mol. The van der Waals surface area contributed by atoms with Crippen LogP contribution in [0.4, 0.5) is 0 Å². The third-order valence-electron chi connectivity index (χ3n) is 4.28. The van der Waals surface area contributed by atoms with Crippen molar-refractivity contribution < 1.29 is 4.79 Å². The van der Waals surface area contributed by atoms with E-state index in [1.54, 1.807) is 12.4 Å². The molecule has 0 spiro atoms. The molecule has 0 bridgehead atoms. The van der Waals surface area contributed by atoms with Gasteiger partial charge in [0, 0.05) is 31.0 Å². The van der Waals surface area contributed by atoms with Crippen molar-refractivity contribution in [3.63, 3.8) is 0 Å². The van der Waals surface area contributed by atoms with E-state index in [0.29, 0.717) is 12.3 Å². The van der Waals surface area contributed by atoms with Crippen molar-refractivity contribution in [2.24, 2.45) is 0 Å². The minimum absolute atomic E-state index is 0.115. The van der Waals surface area contributed by atoms with Gasteiger partial charge in [0.05, 0.1) is 12.3 Å². The van der Waals surface area contributed by atoms with Crippen LogP contribution in [0.5, 0.6) is 0 Å². The summed E-state index contributed by atoms with van der Waals surface area (Å²) in [5, 5.41) is 9.48. The first kappa shape index (κ1) is 19.1. The van der Waals surface area contributed by atoms with Crippen LogP contribution in [0.1, 0.15) is 19.4 Å². The van der Waals surface area contributed by atoms with Gasteiger partial charge in [-0.1, -0.05) is 42.1 Å². The number of hydrogen-bond donors (Lipinski definition) is 0. The number of rotatable bonds is 8. The number of nitrogens with zero attached hydrogens (tertiary/aromatic N) is 5. The van der Waals surface area contributed by atoms with Gasteiger partial charge in [-0.3, -0.25) is 14.3 Å². The van der Waals surface area contributed by atoms with Gasteiger partial charge >= 0.3 is 0 Å². The number of carbonyl (C=O) groups is 1. The summed E-state index contributed by atoms with van der Waals surface area (Å²) in [7, 11) is 0. The van der Waals surface area contributed by atoms with Gasteiger partial charge in [-0.25, -0.2) is 0 Å². The molecule has 2 heterocycles. The summed E-state index contributed by atoms with van der Waals surface area (Å²) in [5.74, 6) is 1.24. The Morgan fingerprint density at radius 3 is 2.41 bits per heavy atom. The first-order chi connectivity index (χ1) is 13.2. The van der Waals surface area contributed by atoms with Crippen LogP contribution in [0.25, 0.3) is 11.4 Å². The molecule has 0 unspecified atom stereocenters. The molecule has 0 aliphatic rings. The fourth-order valence-corrected chi connectivity index (χ4v) is 3.65. The first-order valence-corrected chi connectivity index (χ1v) is 9.99. The molecule has 0 N–H and O–H groups in total. The third-order valence-corrected chi connectivity index (χ3v) is 5.23. The zero-order chi connectivity index (χ0) is 19.1. The van der Waals surface area contributed by atoms with Crippen LogP contribution >= 0.6 is 11.8 Å². The number of aromatic nitrogens is 4. The summed E-state index contributed by atoms with van der Waals surface area (Å²) in [5.41, 5.74) is 2.11. The Hall–Kier alpha value is -2.67. The van der Waals surface area contributed by atoms with E-state index in [2.05, 4.69) is 31.9 Å². The molecule has 6 nitrogen and oxygen atoms in total. The Kier molecular flexibility index (Phi) is 6.59. The Morgan fingerprint density at radius 2 is 1.74 bits per heavy atom. The maximum absolute atomic E-state index is 12.4. The maximum Gasteiger partial charge on any atom is 0.233 e. The minimum Gasteiger partial charge on any atom is -0.343 e. The molecule has 3 rings (SSSR count). The molecule has 1 amide bonds. The zero-order valence-electron chi connectivity index (χ0n) is 15.6. The fraction of sp³-hybridized carbons (Fsp3) is 0.300. The molecule has 0 atom stereocenters. The largest absolute Gasteiger partial charge is 0.343 e.